The zero-order chi connectivity index (χ0) is 16.6. The predicted octanol–water partition coefficient (Wildman–Crippen LogP) is 1.59. The molecule has 1 saturated carbocycles. The number of benzene rings is 1. The molecular formula is C14H22N2O4S2. The zero-order valence-electron chi connectivity index (χ0n) is 13.0. The number of hydrogen-bond donors (Lipinski definition) is 2. The molecule has 0 amide bonds. The Labute approximate surface area is 132 Å². The van der Waals surface area contributed by atoms with Crippen LogP contribution in [0.15, 0.2) is 34.1 Å². The van der Waals surface area contributed by atoms with Crippen molar-refractivity contribution in [2.75, 3.05) is 0 Å². The van der Waals surface area contributed by atoms with E-state index in [2.05, 4.69) is 9.44 Å². The SMILES string of the molecule is CC(C)(C)NS(=O)(=O)c1cccc(S(=O)(=O)NC2CCC2)c1. The van der Waals surface area contributed by atoms with Crippen LogP contribution in [0.5, 0.6) is 0 Å². The highest BCUT2D eigenvalue weighted by Gasteiger charge is 2.27. The summed E-state index contributed by atoms with van der Waals surface area (Å²) < 4.78 is 54.2. The van der Waals surface area contributed by atoms with Gasteiger partial charge in [-0.1, -0.05) is 12.5 Å². The third kappa shape index (κ3) is 4.28. The van der Waals surface area contributed by atoms with Crippen molar-refractivity contribution >= 4 is 20.0 Å². The smallest absolute Gasteiger partial charge is 0.208 e. The lowest BCUT2D eigenvalue weighted by Gasteiger charge is -2.26. The molecule has 1 aliphatic rings. The van der Waals surface area contributed by atoms with Crippen molar-refractivity contribution in [1.82, 2.24) is 9.44 Å². The van der Waals surface area contributed by atoms with E-state index in [4.69, 9.17) is 0 Å². The maximum absolute atomic E-state index is 12.3. The van der Waals surface area contributed by atoms with Gasteiger partial charge >= 0.3 is 0 Å². The molecule has 0 radical (unpaired) electrons. The summed E-state index contributed by atoms with van der Waals surface area (Å²) in [7, 11) is -7.45. The summed E-state index contributed by atoms with van der Waals surface area (Å²) >= 11 is 0. The fourth-order valence-electron chi connectivity index (χ4n) is 2.08. The summed E-state index contributed by atoms with van der Waals surface area (Å²) in [6, 6.07) is 5.37. The van der Waals surface area contributed by atoms with Crippen LogP contribution in [0.25, 0.3) is 0 Å². The Hall–Kier alpha value is -0.960. The Kier molecular flexibility index (Phi) is 4.68. The van der Waals surface area contributed by atoms with Crippen LogP contribution < -0.4 is 9.44 Å². The van der Waals surface area contributed by atoms with Gasteiger partial charge in [-0.2, -0.15) is 0 Å². The molecule has 0 heterocycles. The Bertz CT molecular complexity index is 745. The molecule has 1 aromatic rings. The van der Waals surface area contributed by atoms with Crippen LogP contribution in [0.3, 0.4) is 0 Å². The quantitative estimate of drug-likeness (QED) is 0.847. The van der Waals surface area contributed by atoms with E-state index in [-0.39, 0.29) is 15.8 Å². The lowest BCUT2D eigenvalue weighted by molar-refractivity contribution is 0.383. The van der Waals surface area contributed by atoms with Crippen molar-refractivity contribution < 1.29 is 16.8 Å². The molecule has 0 saturated heterocycles. The molecule has 6 nitrogen and oxygen atoms in total. The summed E-state index contributed by atoms with van der Waals surface area (Å²) in [6.45, 7) is 5.18. The average molecular weight is 346 g/mol. The Morgan fingerprint density at radius 3 is 2.00 bits per heavy atom. The molecule has 0 aliphatic heterocycles. The van der Waals surface area contributed by atoms with Gasteiger partial charge in [0.2, 0.25) is 20.0 Å². The average Bonchev–Trinajstić information content (AvgIpc) is 2.31. The number of rotatable bonds is 5. The first-order chi connectivity index (χ1) is 10.00. The van der Waals surface area contributed by atoms with Gasteiger partial charge in [0.15, 0.2) is 0 Å². The van der Waals surface area contributed by atoms with E-state index in [1.54, 1.807) is 20.8 Å². The second-order valence-electron chi connectivity index (χ2n) is 6.58. The van der Waals surface area contributed by atoms with Crippen molar-refractivity contribution in [3.63, 3.8) is 0 Å². The van der Waals surface area contributed by atoms with Gasteiger partial charge < -0.3 is 0 Å². The topological polar surface area (TPSA) is 92.3 Å². The fourth-order valence-corrected chi connectivity index (χ4v) is 4.97. The van der Waals surface area contributed by atoms with E-state index < -0.39 is 25.6 Å². The molecule has 1 fully saturated rings. The van der Waals surface area contributed by atoms with Gasteiger partial charge in [-0.05, 0) is 51.8 Å². The van der Waals surface area contributed by atoms with Gasteiger partial charge in [-0.3, -0.25) is 0 Å². The summed E-state index contributed by atoms with van der Waals surface area (Å²) in [4.78, 5) is -0.0879. The Balaban J connectivity index is 2.30. The number of hydrogen-bond acceptors (Lipinski definition) is 4. The molecule has 0 atom stereocenters. The summed E-state index contributed by atoms with van der Waals surface area (Å²) in [5.74, 6) is 0. The third-order valence-electron chi connectivity index (χ3n) is 3.29. The number of sulfonamides is 2. The van der Waals surface area contributed by atoms with Crippen molar-refractivity contribution in [2.24, 2.45) is 0 Å². The summed E-state index contributed by atoms with van der Waals surface area (Å²) in [5, 5.41) is 0. The van der Waals surface area contributed by atoms with Crippen molar-refractivity contribution in [3.8, 4) is 0 Å². The number of nitrogens with one attached hydrogen (secondary N) is 2. The van der Waals surface area contributed by atoms with Gasteiger partial charge in [-0.25, -0.2) is 26.3 Å². The maximum atomic E-state index is 12.3. The van der Waals surface area contributed by atoms with Crippen molar-refractivity contribution in [2.45, 2.75) is 61.4 Å². The molecule has 0 unspecified atom stereocenters. The van der Waals surface area contributed by atoms with E-state index >= 15 is 0 Å². The largest absolute Gasteiger partial charge is 0.241 e. The standard InChI is InChI=1S/C14H22N2O4S2/c1-14(2,3)16-22(19,20)13-9-5-8-12(10-13)21(17,18)15-11-6-4-7-11/h5,8-11,15-16H,4,6-7H2,1-3H3. The molecule has 1 aliphatic carbocycles. The molecule has 0 aromatic heterocycles. The van der Waals surface area contributed by atoms with Crippen molar-refractivity contribution in [1.29, 1.82) is 0 Å². The highest BCUT2D eigenvalue weighted by atomic mass is 32.2. The van der Waals surface area contributed by atoms with Gasteiger partial charge in [0.25, 0.3) is 0 Å². The van der Waals surface area contributed by atoms with Gasteiger partial charge in [0.05, 0.1) is 9.79 Å². The minimum absolute atomic E-state index is 0.0313. The first kappa shape index (κ1) is 17.4. The van der Waals surface area contributed by atoms with E-state index in [0.29, 0.717) is 0 Å². The van der Waals surface area contributed by atoms with Crippen LogP contribution in [-0.2, 0) is 20.0 Å². The van der Waals surface area contributed by atoms with Crippen LogP contribution in [0.2, 0.25) is 0 Å². The van der Waals surface area contributed by atoms with Gasteiger partial charge in [-0.15, -0.1) is 0 Å². The molecule has 0 spiro atoms. The second-order valence-corrected chi connectivity index (χ2v) is 9.98. The van der Waals surface area contributed by atoms with Crippen molar-refractivity contribution in [3.05, 3.63) is 24.3 Å². The van der Waals surface area contributed by atoms with E-state index in [0.717, 1.165) is 19.3 Å². The molecule has 2 rings (SSSR count). The molecule has 2 N–H and O–H groups in total. The molecule has 8 heteroatoms. The Morgan fingerprint density at radius 2 is 1.55 bits per heavy atom. The van der Waals surface area contributed by atoms with Crippen LogP contribution in [-0.4, -0.2) is 28.4 Å². The van der Waals surface area contributed by atoms with Crippen LogP contribution in [0.4, 0.5) is 0 Å². The summed E-state index contributed by atoms with van der Waals surface area (Å²) in [5.41, 5.74) is -0.641. The zero-order valence-corrected chi connectivity index (χ0v) is 14.6. The van der Waals surface area contributed by atoms with Gasteiger partial charge in [0.1, 0.15) is 0 Å². The minimum Gasteiger partial charge on any atom is -0.208 e. The summed E-state index contributed by atoms with van der Waals surface area (Å²) in [6.07, 6.45) is 2.66. The predicted molar refractivity (Wildman–Crippen MR) is 84.5 cm³/mol. The molecule has 124 valence electrons. The van der Waals surface area contributed by atoms with Gasteiger partial charge in [0, 0.05) is 11.6 Å². The molecule has 1 aromatic carbocycles. The monoisotopic (exact) mass is 346 g/mol. The third-order valence-corrected chi connectivity index (χ3v) is 6.57. The highest BCUT2D eigenvalue weighted by Crippen LogP contribution is 2.22. The van der Waals surface area contributed by atoms with Crippen LogP contribution in [0, 0.1) is 0 Å². The lowest BCUT2D eigenvalue weighted by atomic mass is 9.94. The van der Waals surface area contributed by atoms with Crippen LogP contribution >= 0.6 is 0 Å². The maximum Gasteiger partial charge on any atom is 0.241 e. The first-order valence-corrected chi connectivity index (χ1v) is 10.1. The van der Waals surface area contributed by atoms with E-state index in [9.17, 15) is 16.8 Å². The fraction of sp³-hybridized carbons (Fsp3) is 0.571. The second kappa shape index (κ2) is 5.92. The van der Waals surface area contributed by atoms with Crippen LogP contribution in [0.1, 0.15) is 40.0 Å². The molecule has 22 heavy (non-hydrogen) atoms. The van der Waals surface area contributed by atoms with E-state index in [1.165, 1.54) is 24.3 Å². The lowest BCUT2D eigenvalue weighted by Crippen LogP contribution is -2.41. The minimum atomic E-state index is -3.76. The van der Waals surface area contributed by atoms with E-state index in [1.807, 2.05) is 0 Å². The first-order valence-electron chi connectivity index (χ1n) is 7.16. The Morgan fingerprint density at radius 1 is 1.00 bits per heavy atom. The molecule has 0 bridgehead atoms. The molecular weight excluding hydrogens is 324 g/mol. The normalized spacial score (nSPS) is 17.2. The highest BCUT2D eigenvalue weighted by molar-refractivity contribution is 7.90.